The van der Waals surface area contributed by atoms with Crippen molar-refractivity contribution < 1.29 is 33.0 Å². The van der Waals surface area contributed by atoms with Gasteiger partial charge in [-0.15, -0.1) is 8.78 Å². The second kappa shape index (κ2) is 14.7. The third-order valence-electron chi connectivity index (χ3n) is 9.36. The van der Waals surface area contributed by atoms with Crippen LogP contribution in [0.3, 0.4) is 0 Å². The van der Waals surface area contributed by atoms with Gasteiger partial charge in [0.25, 0.3) is 5.91 Å². The molecule has 0 spiro atoms. The molecule has 3 aromatic rings. The number of alkyl halides is 3. The summed E-state index contributed by atoms with van der Waals surface area (Å²) in [6.07, 6.45) is 8.92. The monoisotopic (exact) mass is 715 g/mol. The van der Waals surface area contributed by atoms with Crippen LogP contribution in [0.1, 0.15) is 69.3 Å². The number of halogens is 3. The van der Waals surface area contributed by atoms with Gasteiger partial charge in [-0.05, 0) is 83.2 Å². The van der Waals surface area contributed by atoms with Gasteiger partial charge in [0.2, 0.25) is 0 Å². The number of carbonyl (C=O) groups excluding carboxylic acids is 2. The van der Waals surface area contributed by atoms with Crippen molar-refractivity contribution >= 4 is 35.1 Å². The minimum absolute atomic E-state index is 0.146. The lowest BCUT2D eigenvalue weighted by atomic mass is 9.98. The number of likely N-dealkylation sites (tertiary alicyclic amines) is 2. The summed E-state index contributed by atoms with van der Waals surface area (Å²) in [5.74, 6) is 0.0842. The molecule has 1 atom stereocenters. The van der Waals surface area contributed by atoms with Gasteiger partial charge in [0.15, 0.2) is 0 Å². The third-order valence-corrected chi connectivity index (χ3v) is 9.43. The highest BCUT2D eigenvalue weighted by Crippen LogP contribution is 2.34. The van der Waals surface area contributed by atoms with E-state index in [1.165, 1.54) is 30.5 Å². The molecule has 15 heteroatoms. The number of pyridine rings is 1. The number of carbonyl (C=O) groups is 2. The van der Waals surface area contributed by atoms with Crippen LogP contribution in [0.15, 0.2) is 48.9 Å². The molecule has 0 radical (unpaired) electrons. The van der Waals surface area contributed by atoms with Crippen LogP contribution in [0.25, 0.3) is 11.1 Å². The average Bonchev–Trinajstić information content (AvgIpc) is 3.74. The summed E-state index contributed by atoms with van der Waals surface area (Å²) >= 11 is 4.84. The van der Waals surface area contributed by atoms with Gasteiger partial charge >= 0.3 is 11.7 Å². The summed E-state index contributed by atoms with van der Waals surface area (Å²) in [6, 6.07) is 7.85. The molecule has 12 nitrogen and oxygen atoms in total. The first-order chi connectivity index (χ1) is 23.7. The first kappa shape index (κ1) is 35.8. The molecule has 0 unspecified atom stereocenters. The molecule has 2 aromatic heterocycles. The number of aliphatic hydroxyl groups is 1. The van der Waals surface area contributed by atoms with Crippen LogP contribution in [-0.4, -0.2) is 104 Å². The van der Waals surface area contributed by atoms with Gasteiger partial charge in [-0.3, -0.25) is 9.48 Å². The standard InChI is InChI=1S/C35H44ClF2N7O5/c1-34(2,3)50-33(48)43-15-8-26(9-16-43)42-13-10-27(11-14-42)45-21-24(20-40-45)30-18-23(19-39-31(30)44-17-12-28(46)22-44)32(47)41-25-4-6-29(7-5-25)49-35(36,37)38/h4-7,18-21,26-28,46H,8-17,22H2,1-3H3,(H,41,47)/t28-/m1/s1. The van der Waals surface area contributed by atoms with Crippen LogP contribution in [0.2, 0.25) is 0 Å². The van der Waals surface area contributed by atoms with E-state index in [4.69, 9.17) is 21.4 Å². The zero-order valence-corrected chi connectivity index (χ0v) is 29.3. The van der Waals surface area contributed by atoms with Crippen molar-refractivity contribution in [3.8, 4) is 16.9 Å². The van der Waals surface area contributed by atoms with E-state index in [-0.39, 0.29) is 17.9 Å². The number of rotatable bonds is 8. The van der Waals surface area contributed by atoms with Crippen molar-refractivity contribution in [2.24, 2.45) is 0 Å². The van der Waals surface area contributed by atoms with Gasteiger partial charge in [0.1, 0.15) is 17.2 Å². The maximum atomic E-state index is 13.3. The Hall–Kier alpha value is -4.01. The summed E-state index contributed by atoms with van der Waals surface area (Å²) in [4.78, 5) is 36.8. The van der Waals surface area contributed by atoms with Crippen LogP contribution in [0, 0.1) is 0 Å². The van der Waals surface area contributed by atoms with E-state index in [0.717, 1.165) is 49.9 Å². The quantitative estimate of drug-likeness (QED) is 0.271. The number of amides is 2. The number of anilines is 2. The lowest BCUT2D eigenvalue weighted by Gasteiger charge is -2.41. The van der Waals surface area contributed by atoms with Gasteiger partial charge in [-0.2, -0.15) is 5.10 Å². The lowest BCUT2D eigenvalue weighted by Crippen LogP contribution is -2.49. The molecule has 270 valence electrons. The number of β-amino-alcohol motifs (C(OH)–C–C–N with tert-alkyl or cyclic N) is 1. The fraction of sp³-hybridized carbons (Fsp3) is 0.543. The molecule has 0 bridgehead atoms. The zero-order valence-electron chi connectivity index (χ0n) is 28.5. The molecule has 2 amide bonds. The summed E-state index contributed by atoms with van der Waals surface area (Å²) in [6.45, 7) is 9.98. The van der Waals surface area contributed by atoms with E-state index in [1.807, 2.05) is 41.4 Å². The molecule has 3 fully saturated rings. The largest absolute Gasteiger partial charge is 0.487 e. The van der Waals surface area contributed by atoms with Crippen molar-refractivity contribution in [3.05, 3.63) is 54.5 Å². The number of piperidine rings is 2. The van der Waals surface area contributed by atoms with E-state index in [2.05, 4.69) is 19.9 Å². The molecule has 0 aliphatic carbocycles. The highest BCUT2D eigenvalue weighted by atomic mass is 35.5. The maximum absolute atomic E-state index is 13.3. The van der Waals surface area contributed by atoms with Crippen LogP contribution in [0.5, 0.6) is 5.75 Å². The molecule has 5 heterocycles. The number of hydrogen-bond donors (Lipinski definition) is 2. The molecule has 0 saturated carbocycles. The third kappa shape index (κ3) is 9.01. The Morgan fingerprint density at radius 3 is 2.26 bits per heavy atom. The summed E-state index contributed by atoms with van der Waals surface area (Å²) in [5.41, 5.74) is -2.13. The smallest absolute Gasteiger partial charge is 0.444 e. The zero-order chi connectivity index (χ0) is 35.6. The van der Waals surface area contributed by atoms with Crippen molar-refractivity contribution in [2.45, 2.75) is 82.2 Å². The summed E-state index contributed by atoms with van der Waals surface area (Å²) in [7, 11) is 0. The van der Waals surface area contributed by atoms with Crippen LogP contribution < -0.4 is 15.0 Å². The first-order valence-electron chi connectivity index (χ1n) is 17.1. The molecule has 2 N–H and O–H groups in total. The second-order valence-corrected chi connectivity index (χ2v) is 14.6. The molecular formula is C35H44ClF2N7O5. The van der Waals surface area contributed by atoms with Gasteiger partial charge in [0.05, 0.1) is 23.9 Å². The van der Waals surface area contributed by atoms with Crippen molar-refractivity contribution in [1.29, 1.82) is 0 Å². The molecule has 6 rings (SSSR count). The Morgan fingerprint density at radius 1 is 0.960 bits per heavy atom. The average molecular weight is 716 g/mol. The van der Waals surface area contributed by atoms with E-state index < -0.39 is 23.2 Å². The normalized spacial score (nSPS) is 19.9. The van der Waals surface area contributed by atoms with E-state index in [9.17, 15) is 23.5 Å². The van der Waals surface area contributed by atoms with E-state index >= 15 is 0 Å². The number of nitrogens with zero attached hydrogens (tertiary/aromatic N) is 6. The van der Waals surface area contributed by atoms with E-state index in [1.54, 1.807) is 12.3 Å². The van der Waals surface area contributed by atoms with E-state index in [0.29, 0.717) is 55.7 Å². The second-order valence-electron chi connectivity index (χ2n) is 14.2. The maximum Gasteiger partial charge on any atom is 0.487 e. The Bertz CT molecular complexity index is 1650. The number of hydrogen-bond acceptors (Lipinski definition) is 9. The minimum Gasteiger partial charge on any atom is -0.444 e. The Labute approximate surface area is 295 Å². The molecule has 3 aliphatic heterocycles. The van der Waals surface area contributed by atoms with Crippen molar-refractivity contribution in [1.82, 2.24) is 24.6 Å². The predicted octanol–water partition coefficient (Wildman–Crippen LogP) is 5.97. The van der Waals surface area contributed by atoms with Gasteiger partial charge in [-0.1, -0.05) is 0 Å². The number of aliphatic hydroxyl groups excluding tert-OH is 1. The van der Waals surface area contributed by atoms with Crippen LogP contribution >= 0.6 is 11.6 Å². The van der Waals surface area contributed by atoms with Crippen molar-refractivity contribution in [3.63, 3.8) is 0 Å². The first-order valence-corrected chi connectivity index (χ1v) is 17.5. The van der Waals surface area contributed by atoms with Crippen molar-refractivity contribution in [2.75, 3.05) is 49.5 Å². The SMILES string of the molecule is CC(C)(C)OC(=O)N1CCC(N2CCC(n3cc(-c4cc(C(=O)Nc5ccc(OC(F)(F)Cl)cc5)cnc4N4CC[C@@H](O)C4)cn3)CC2)CC1. The molecule has 3 saturated heterocycles. The summed E-state index contributed by atoms with van der Waals surface area (Å²) < 4.78 is 37.8. The predicted molar refractivity (Wildman–Crippen MR) is 185 cm³/mol. The topological polar surface area (TPSA) is 125 Å². The number of benzene rings is 1. The highest BCUT2D eigenvalue weighted by molar-refractivity contribution is 6.20. The molecule has 50 heavy (non-hydrogen) atoms. The number of ether oxygens (including phenoxy) is 2. The summed E-state index contributed by atoms with van der Waals surface area (Å²) in [5, 5.41) is 17.8. The fourth-order valence-electron chi connectivity index (χ4n) is 6.86. The number of nitrogens with one attached hydrogen (secondary N) is 1. The fourth-order valence-corrected chi connectivity index (χ4v) is 6.95. The number of aromatic nitrogens is 3. The van der Waals surface area contributed by atoms with Gasteiger partial charge in [-0.25, -0.2) is 9.78 Å². The van der Waals surface area contributed by atoms with Crippen LogP contribution in [0.4, 0.5) is 25.1 Å². The van der Waals surface area contributed by atoms with Gasteiger partial charge in [0, 0.05) is 86.1 Å². The molecular weight excluding hydrogens is 672 g/mol. The Balaban J connectivity index is 1.11. The molecule has 1 aromatic carbocycles. The highest BCUT2D eigenvalue weighted by Gasteiger charge is 2.33. The Morgan fingerprint density at radius 2 is 1.64 bits per heavy atom. The Kier molecular flexibility index (Phi) is 10.5. The molecule has 3 aliphatic rings. The lowest BCUT2D eigenvalue weighted by molar-refractivity contribution is -0.0964. The van der Waals surface area contributed by atoms with Crippen LogP contribution in [-0.2, 0) is 4.74 Å². The minimum atomic E-state index is -3.84. The van der Waals surface area contributed by atoms with Gasteiger partial charge < -0.3 is 34.6 Å².